The summed E-state index contributed by atoms with van der Waals surface area (Å²) in [6.07, 6.45) is 1.02. The summed E-state index contributed by atoms with van der Waals surface area (Å²) in [4.78, 5) is 0. The van der Waals surface area contributed by atoms with Crippen molar-refractivity contribution in [1.82, 2.24) is 0 Å². The average molecular weight is 287 g/mol. The van der Waals surface area contributed by atoms with Gasteiger partial charge in [0.2, 0.25) is 0 Å². The van der Waals surface area contributed by atoms with E-state index in [0.29, 0.717) is 24.8 Å². The van der Waals surface area contributed by atoms with E-state index >= 15 is 0 Å². The Morgan fingerprint density at radius 1 is 1.05 bits per heavy atom. The van der Waals surface area contributed by atoms with Gasteiger partial charge in [-0.05, 0) is 30.5 Å². The molecule has 2 aromatic rings. The molecule has 0 bridgehead atoms. The molecule has 21 heavy (non-hydrogen) atoms. The molecule has 0 aliphatic rings. The van der Waals surface area contributed by atoms with Crippen LogP contribution in [-0.2, 0) is 6.54 Å². The van der Waals surface area contributed by atoms with Crippen molar-refractivity contribution >= 4 is 5.69 Å². The maximum absolute atomic E-state index is 13.6. The van der Waals surface area contributed by atoms with Crippen LogP contribution in [0.25, 0.3) is 0 Å². The molecule has 0 atom stereocenters. The van der Waals surface area contributed by atoms with Gasteiger partial charge in [-0.3, -0.25) is 0 Å². The zero-order chi connectivity index (χ0) is 15.1. The van der Waals surface area contributed by atoms with Crippen molar-refractivity contribution in [3.05, 3.63) is 59.9 Å². The predicted molar refractivity (Wildman–Crippen MR) is 85.1 cm³/mol. The molecule has 0 aliphatic heterocycles. The second-order valence-electron chi connectivity index (χ2n) is 5.47. The minimum Gasteiger partial charge on any atom is -0.493 e. The van der Waals surface area contributed by atoms with Crippen LogP contribution in [0.15, 0.2) is 48.5 Å². The summed E-state index contributed by atoms with van der Waals surface area (Å²) < 4.78 is 19.4. The first-order valence-corrected chi connectivity index (χ1v) is 7.36. The Balaban J connectivity index is 1.98. The van der Waals surface area contributed by atoms with E-state index in [0.717, 1.165) is 17.7 Å². The molecule has 0 saturated carbocycles. The topological polar surface area (TPSA) is 21.3 Å². The normalized spacial score (nSPS) is 10.7. The molecule has 0 amide bonds. The highest BCUT2D eigenvalue weighted by atomic mass is 19.1. The van der Waals surface area contributed by atoms with Crippen LogP contribution >= 0.6 is 0 Å². The summed E-state index contributed by atoms with van der Waals surface area (Å²) in [5.41, 5.74) is 1.54. The van der Waals surface area contributed by atoms with Crippen molar-refractivity contribution in [3.8, 4) is 5.75 Å². The molecule has 2 nitrogen and oxygen atoms in total. The molecule has 0 radical (unpaired) electrons. The van der Waals surface area contributed by atoms with E-state index in [-0.39, 0.29) is 5.82 Å². The van der Waals surface area contributed by atoms with Crippen LogP contribution < -0.4 is 10.1 Å². The highest BCUT2D eigenvalue weighted by Gasteiger charge is 2.05. The number of nitrogens with one attached hydrogen (secondary N) is 1. The number of benzene rings is 2. The number of hydrogen-bond acceptors (Lipinski definition) is 2. The molecule has 0 saturated heterocycles. The van der Waals surface area contributed by atoms with Crippen LogP contribution in [0.1, 0.15) is 25.8 Å². The summed E-state index contributed by atoms with van der Waals surface area (Å²) in [6, 6.07) is 14.6. The summed E-state index contributed by atoms with van der Waals surface area (Å²) in [6.45, 7) is 5.59. The Hall–Kier alpha value is -2.03. The molecular weight excluding hydrogens is 265 g/mol. The average Bonchev–Trinajstić information content (AvgIpc) is 2.47. The number of hydrogen-bond donors (Lipinski definition) is 1. The van der Waals surface area contributed by atoms with E-state index in [1.807, 2.05) is 30.3 Å². The largest absolute Gasteiger partial charge is 0.493 e. The minimum atomic E-state index is -0.240. The summed E-state index contributed by atoms with van der Waals surface area (Å²) in [5, 5.41) is 3.11. The van der Waals surface area contributed by atoms with Crippen LogP contribution in [0.5, 0.6) is 5.75 Å². The summed E-state index contributed by atoms with van der Waals surface area (Å²) in [7, 11) is 0. The van der Waals surface area contributed by atoms with Gasteiger partial charge in [0.15, 0.2) is 0 Å². The van der Waals surface area contributed by atoms with Gasteiger partial charge in [-0.1, -0.05) is 44.2 Å². The third-order valence-electron chi connectivity index (χ3n) is 3.27. The van der Waals surface area contributed by atoms with Crippen LogP contribution in [0.3, 0.4) is 0 Å². The molecule has 0 aromatic heterocycles. The Bertz CT molecular complexity index is 569. The molecule has 1 N–H and O–H groups in total. The van der Waals surface area contributed by atoms with Crippen molar-refractivity contribution in [2.45, 2.75) is 26.8 Å². The highest BCUT2D eigenvalue weighted by molar-refractivity contribution is 5.46. The Morgan fingerprint density at radius 2 is 1.76 bits per heavy atom. The standard InChI is InChI=1S/C18H22FNO/c1-14(2)11-12-21-18-10-6-3-7-15(18)13-20-17-9-5-4-8-16(17)19/h3-10,14,20H,11-13H2,1-2H3. The van der Waals surface area contributed by atoms with Gasteiger partial charge >= 0.3 is 0 Å². The van der Waals surface area contributed by atoms with E-state index in [2.05, 4.69) is 19.2 Å². The molecule has 0 spiro atoms. The van der Waals surface area contributed by atoms with E-state index in [1.165, 1.54) is 6.07 Å². The first-order valence-electron chi connectivity index (χ1n) is 7.36. The predicted octanol–water partition coefficient (Wildman–Crippen LogP) is 4.86. The van der Waals surface area contributed by atoms with Crippen molar-refractivity contribution in [1.29, 1.82) is 0 Å². The van der Waals surface area contributed by atoms with E-state index in [4.69, 9.17) is 4.74 Å². The summed E-state index contributed by atoms with van der Waals surface area (Å²) in [5.74, 6) is 1.24. The lowest BCUT2D eigenvalue weighted by Crippen LogP contribution is -2.06. The van der Waals surface area contributed by atoms with Crippen molar-refractivity contribution in [2.75, 3.05) is 11.9 Å². The van der Waals surface area contributed by atoms with Crippen LogP contribution in [0.4, 0.5) is 10.1 Å². The molecule has 0 aliphatic carbocycles. The van der Waals surface area contributed by atoms with Crippen LogP contribution in [-0.4, -0.2) is 6.61 Å². The van der Waals surface area contributed by atoms with Crippen LogP contribution in [0, 0.1) is 11.7 Å². The number of halogens is 1. The van der Waals surface area contributed by atoms with Crippen molar-refractivity contribution < 1.29 is 9.13 Å². The maximum Gasteiger partial charge on any atom is 0.146 e. The quantitative estimate of drug-likeness (QED) is 0.785. The zero-order valence-electron chi connectivity index (χ0n) is 12.6. The highest BCUT2D eigenvalue weighted by Crippen LogP contribution is 2.21. The number of anilines is 1. The van der Waals surface area contributed by atoms with Gasteiger partial charge in [0.1, 0.15) is 11.6 Å². The minimum absolute atomic E-state index is 0.240. The van der Waals surface area contributed by atoms with Gasteiger partial charge in [0, 0.05) is 12.1 Å². The molecule has 112 valence electrons. The van der Waals surface area contributed by atoms with Gasteiger partial charge < -0.3 is 10.1 Å². The SMILES string of the molecule is CC(C)CCOc1ccccc1CNc1ccccc1F. The van der Waals surface area contributed by atoms with Gasteiger partial charge in [-0.25, -0.2) is 4.39 Å². The van der Waals surface area contributed by atoms with E-state index in [1.54, 1.807) is 12.1 Å². The number of para-hydroxylation sites is 2. The second kappa shape index (κ2) is 7.67. The van der Waals surface area contributed by atoms with Crippen molar-refractivity contribution in [3.63, 3.8) is 0 Å². The van der Waals surface area contributed by atoms with Crippen LogP contribution in [0.2, 0.25) is 0 Å². The lowest BCUT2D eigenvalue weighted by atomic mass is 10.1. The van der Waals surface area contributed by atoms with Gasteiger partial charge in [-0.2, -0.15) is 0 Å². The van der Waals surface area contributed by atoms with Crippen molar-refractivity contribution in [2.24, 2.45) is 5.92 Å². The molecule has 2 aromatic carbocycles. The third kappa shape index (κ3) is 4.78. The molecule has 2 rings (SSSR count). The lowest BCUT2D eigenvalue weighted by Gasteiger charge is -2.14. The molecule has 3 heteroatoms. The van der Waals surface area contributed by atoms with E-state index in [9.17, 15) is 4.39 Å². The fourth-order valence-electron chi connectivity index (χ4n) is 1.99. The number of ether oxygens (including phenoxy) is 1. The van der Waals surface area contributed by atoms with E-state index < -0.39 is 0 Å². The monoisotopic (exact) mass is 287 g/mol. The smallest absolute Gasteiger partial charge is 0.146 e. The van der Waals surface area contributed by atoms with Gasteiger partial charge in [0.05, 0.1) is 12.3 Å². The Morgan fingerprint density at radius 3 is 2.52 bits per heavy atom. The fraction of sp³-hybridized carbons (Fsp3) is 0.333. The second-order valence-corrected chi connectivity index (χ2v) is 5.47. The maximum atomic E-state index is 13.6. The first kappa shape index (κ1) is 15.4. The molecular formula is C18H22FNO. The summed E-state index contributed by atoms with van der Waals surface area (Å²) >= 11 is 0. The number of rotatable bonds is 7. The Kier molecular flexibility index (Phi) is 5.61. The zero-order valence-corrected chi connectivity index (χ0v) is 12.6. The Labute approximate surface area is 126 Å². The first-order chi connectivity index (χ1) is 10.2. The van der Waals surface area contributed by atoms with Gasteiger partial charge in [0.25, 0.3) is 0 Å². The van der Waals surface area contributed by atoms with Gasteiger partial charge in [-0.15, -0.1) is 0 Å². The fourth-order valence-corrected chi connectivity index (χ4v) is 1.99. The third-order valence-corrected chi connectivity index (χ3v) is 3.27. The molecule has 0 heterocycles. The molecule has 0 fully saturated rings. The molecule has 0 unspecified atom stereocenters. The lowest BCUT2D eigenvalue weighted by molar-refractivity contribution is 0.287.